The predicted molar refractivity (Wildman–Crippen MR) is 153 cm³/mol. The minimum atomic E-state index is -0.431. The molecule has 40 heavy (non-hydrogen) atoms. The molecule has 8 nitrogen and oxygen atoms in total. The third kappa shape index (κ3) is 5.26. The fraction of sp³-hybridized carbons (Fsp3) is 0.167. The molecule has 5 aromatic rings. The Balaban J connectivity index is 1.10. The number of anilines is 1. The van der Waals surface area contributed by atoms with E-state index in [4.69, 9.17) is 0 Å². The van der Waals surface area contributed by atoms with Crippen molar-refractivity contribution in [3.63, 3.8) is 0 Å². The van der Waals surface area contributed by atoms with Crippen LogP contribution in [0.5, 0.6) is 0 Å². The maximum absolute atomic E-state index is 13.6. The summed E-state index contributed by atoms with van der Waals surface area (Å²) >= 11 is 1.40. The maximum Gasteiger partial charge on any atom is 0.274 e. The number of amides is 2. The van der Waals surface area contributed by atoms with E-state index in [1.165, 1.54) is 17.4 Å². The van der Waals surface area contributed by atoms with Crippen molar-refractivity contribution in [2.45, 2.75) is 19.0 Å². The number of hydrogen-bond acceptors (Lipinski definition) is 7. The highest BCUT2D eigenvalue weighted by Gasteiger charge is 2.34. The second-order valence-electron chi connectivity index (χ2n) is 9.66. The van der Waals surface area contributed by atoms with Gasteiger partial charge in [0.2, 0.25) is 5.95 Å². The van der Waals surface area contributed by atoms with Crippen molar-refractivity contribution in [1.29, 1.82) is 0 Å². The lowest BCUT2D eigenvalue weighted by atomic mass is 10.0. The third-order valence-corrected chi connectivity index (χ3v) is 7.75. The van der Waals surface area contributed by atoms with Gasteiger partial charge >= 0.3 is 0 Å². The average molecular weight is 553 g/mol. The number of hydrogen-bond donors (Lipinski definition) is 2. The fourth-order valence-corrected chi connectivity index (χ4v) is 5.43. The Morgan fingerprint density at radius 1 is 1.00 bits per heavy atom. The van der Waals surface area contributed by atoms with Crippen LogP contribution < -0.4 is 10.6 Å². The number of nitrogens with one attached hydrogen (secondary N) is 2. The van der Waals surface area contributed by atoms with Crippen molar-refractivity contribution in [2.24, 2.45) is 0 Å². The molecule has 2 amide bonds. The molecule has 1 fully saturated rings. The molecule has 1 unspecified atom stereocenters. The molecule has 6 rings (SSSR count). The first kappa shape index (κ1) is 25.6. The molecule has 2 aromatic carbocycles. The van der Waals surface area contributed by atoms with Gasteiger partial charge in [0.15, 0.2) is 5.69 Å². The van der Waals surface area contributed by atoms with Crippen LogP contribution in [-0.2, 0) is 0 Å². The van der Waals surface area contributed by atoms with Gasteiger partial charge in [0.1, 0.15) is 5.82 Å². The summed E-state index contributed by atoms with van der Waals surface area (Å²) in [6.07, 6.45) is 2.72. The molecule has 2 N–H and O–H groups in total. The van der Waals surface area contributed by atoms with E-state index in [1.807, 2.05) is 73.0 Å². The summed E-state index contributed by atoms with van der Waals surface area (Å²) in [6, 6.07) is 20.2. The van der Waals surface area contributed by atoms with Gasteiger partial charge in [-0.3, -0.25) is 14.6 Å². The van der Waals surface area contributed by atoms with Crippen molar-refractivity contribution < 1.29 is 14.0 Å². The summed E-state index contributed by atoms with van der Waals surface area (Å²) < 4.78 is 14.3. The van der Waals surface area contributed by atoms with Crippen LogP contribution in [0, 0.1) is 5.82 Å². The van der Waals surface area contributed by atoms with E-state index in [1.54, 1.807) is 11.1 Å². The average Bonchev–Trinajstić information content (AvgIpc) is 3.43. The van der Waals surface area contributed by atoms with Crippen LogP contribution >= 0.6 is 11.3 Å². The Labute approximate surface area is 233 Å². The molecule has 0 aliphatic carbocycles. The van der Waals surface area contributed by atoms with Crippen molar-refractivity contribution in [1.82, 2.24) is 25.2 Å². The highest BCUT2D eigenvalue weighted by atomic mass is 32.1. The van der Waals surface area contributed by atoms with E-state index in [9.17, 15) is 14.0 Å². The first-order chi connectivity index (χ1) is 19.4. The van der Waals surface area contributed by atoms with Crippen LogP contribution in [0.25, 0.3) is 21.3 Å². The quantitative estimate of drug-likeness (QED) is 0.284. The first-order valence-electron chi connectivity index (χ1n) is 12.8. The molecule has 1 aliphatic heterocycles. The number of aromatic nitrogens is 3. The highest BCUT2D eigenvalue weighted by molar-refractivity contribution is 7.17. The number of nitrogens with zero attached hydrogens (tertiary/aromatic N) is 4. The maximum atomic E-state index is 13.6. The summed E-state index contributed by atoms with van der Waals surface area (Å²) in [4.78, 5) is 40.8. The molecular weight excluding hydrogens is 527 g/mol. The van der Waals surface area contributed by atoms with Crippen LogP contribution in [0.15, 0.2) is 84.5 Å². The molecule has 200 valence electrons. The number of halogens is 1. The second kappa shape index (κ2) is 10.8. The van der Waals surface area contributed by atoms with E-state index in [-0.39, 0.29) is 29.8 Å². The molecule has 0 radical (unpaired) electrons. The summed E-state index contributed by atoms with van der Waals surface area (Å²) in [6.45, 7) is 2.62. The van der Waals surface area contributed by atoms with Crippen LogP contribution in [0.4, 0.5) is 10.3 Å². The van der Waals surface area contributed by atoms with Crippen molar-refractivity contribution in [2.75, 3.05) is 18.4 Å². The van der Waals surface area contributed by atoms with Crippen LogP contribution in [-0.4, -0.2) is 50.8 Å². The van der Waals surface area contributed by atoms with Crippen LogP contribution in [0.2, 0.25) is 0 Å². The van der Waals surface area contributed by atoms with Gasteiger partial charge in [-0.05, 0) is 53.3 Å². The molecule has 4 heterocycles. The smallest absolute Gasteiger partial charge is 0.274 e. The molecule has 1 atom stereocenters. The third-order valence-electron chi connectivity index (χ3n) is 6.84. The minimum absolute atomic E-state index is 0.149. The van der Waals surface area contributed by atoms with Crippen LogP contribution in [0.1, 0.15) is 39.4 Å². The van der Waals surface area contributed by atoms with Gasteiger partial charge in [-0.25, -0.2) is 14.4 Å². The van der Waals surface area contributed by atoms with Crippen molar-refractivity contribution >= 4 is 39.3 Å². The van der Waals surface area contributed by atoms with Gasteiger partial charge < -0.3 is 15.5 Å². The number of carbonyl (C=O) groups is 2. The summed E-state index contributed by atoms with van der Waals surface area (Å²) in [5.41, 5.74) is 4.29. The van der Waals surface area contributed by atoms with Gasteiger partial charge in [-0.1, -0.05) is 42.5 Å². The summed E-state index contributed by atoms with van der Waals surface area (Å²) in [7, 11) is 0. The lowest BCUT2D eigenvalue weighted by molar-refractivity contribution is 0.0539. The molecule has 10 heteroatoms. The van der Waals surface area contributed by atoms with Gasteiger partial charge in [0.25, 0.3) is 11.8 Å². The number of likely N-dealkylation sites (tertiary alicyclic amines) is 1. The Morgan fingerprint density at radius 2 is 1.75 bits per heavy atom. The zero-order valence-electron chi connectivity index (χ0n) is 21.5. The number of pyridine rings is 1. The monoisotopic (exact) mass is 552 g/mol. The normalized spacial score (nSPS) is 14.0. The Kier molecular flexibility index (Phi) is 6.91. The van der Waals surface area contributed by atoms with E-state index in [2.05, 4.69) is 25.6 Å². The van der Waals surface area contributed by atoms with Gasteiger partial charge in [0, 0.05) is 24.8 Å². The molecule has 0 saturated carbocycles. The SMILES string of the molecule is CC(Nc1nc(C(=O)N2CC(NC(=O)c3ccc(-c4ccccc4)cc3)C2)c2sccc2n1)c1cncc(F)c1. The topological polar surface area (TPSA) is 100 Å². The lowest BCUT2D eigenvalue weighted by Crippen LogP contribution is -2.61. The predicted octanol–water partition coefficient (Wildman–Crippen LogP) is 5.32. The number of carbonyl (C=O) groups excluding carboxylic acids is 2. The number of thiophene rings is 1. The van der Waals surface area contributed by atoms with E-state index in [0.29, 0.717) is 40.1 Å². The fourth-order valence-electron chi connectivity index (χ4n) is 4.61. The van der Waals surface area contributed by atoms with Crippen molar-refractivity contribution in [3.05, 3.63) is 107 Å². The second-order valence-corrected chi connectivity index (χ2v) is 10.6. The van der Waals surface area contributed by atoms with Gasteiger partial charge in [-0.2, -0.15) is 0 Å². The molecule has 0 spiro atoms. The first-order valence-corrected chi connectivity index (χ1v) is 13.7. The molecule has 3 aromatic heterocycles. The minimum Gasteiger partial charge on any atom is -0.348 e. The zero-order valence-corrected chi connectivity index (χ0v) is 22.4. The van der Waals surface area contributed by atoms with E-state index >= 15 is 0 Å². The number of benzene rings is 2. The van der Waals surface area contributed by atoms with E-state index in [0.717, 1.165) is 17.3 Å². The molecule has 1 saturated heterocycles. The van der Waals surface area contributed by atoms with Gasteiger partial charge in [0.05, 0.1) is 28.5 Å². The standard InChI is InChI=1S/C30H25FN6O2S/c1-18(22-13-23(31)15-32-14-22)33-30-35-25-11-12-40-27(25)26(36-30)29(39)37-16-24(17-37)34-28(38)21-9-7-20(8-10-21)19-5-3-2-4-6-19/h2-15,18,24H,16-17H2,1H3,(H,34,38)(H,33,35,36). The van der Waals surface area contributed by atoms with Gasteiger partial charge in [-0.15, -0.1) is 11.3 Å². The summed E-state index contributed by atoms with van der Waals surface area (Å²) in [5.74, 6) is -0.558. The van der Waals surface area contributed by atoms with Crippen LogP contribution in [0.3, 0.4) is 0 Å². The summed E-state index contributed by atoms with van der Waals surface area (Å²) in [5, 5.41) is 8.02. The van der Waals surface area contributed by atoms with E-state index < -0.39 is 5.82 Å². The van der Waals surface area contributed by atoms with Crippen molar-refractivity contribution in [3.8, 4) is 11.1 Å². The zero-order chi connectivity index (χ0) is 27.6. The molecule has 1 aliphatic rings. The highest BCUT2D eigenvalue weighted by Crippen LogP contribution is 2.27. The Bertz CT molecular complexity index is 1690. The molecular formula is C30H25FN6O2S. The Morgan fingerprint density at radius 3 is 2.50 bits per heavy atom. The largest absolute Gasteiger partial charge is 0.348 e. The number of fused-ring (bicyclic) bond motifs is 1. The lowest BCUT2D eigenvalue weighted by Gasteiger charge is -2.39. The Hall–Kier alpha value is -4.70. The molecule has 0 bridgehead atoms. The number of rotatable bonds is 7.